The van der Waals surface area contributed by atoms with Gasteiger partial charge in [0, 0.05) is 35.9 Å². The van der Waals surface area contributed by atoms with Gasteiger partial charge >= 0.3 is 17.5 Å². The van der Waals surface area contributed by atoms with E-state index in [9.17, 15) is 25.0 Å². The average molecular weight is 510 g/mol. The zero-order chi connectivity index (χ0) is 27.3. The number of nitro groups is 2. The molecule has 0 fully saturated rings. The molecule has 0 aliphatic rings. The predicted molar refractivity (Wildman–Crippen MR) is 131 cm³/mol. The number of carbonyl (C=O) groups excluding carboxylic acids is 1. The summed E-state index contributed by atoms with van der Waals surface area (Å²) in [6, 6.07) is 2.96. The summed E-state index contributed by atoms with van der Waals surface area (Å²) in [6.45, 7) is 5.18. The van der Waals surface area contributed by atoms with Gasteiger partial charge in [-0.25, -0.2) is 14.8 Å². The van der Waals surface area contributed by atoms with Crippen LogP contribution in [0.15, 0.2) is 49.3 Å². The molecule has 192 valence electrons. The number of pyridine rings is 2. The van der Waals surface area contributed by atoms with Crippen molar-refractivity contribution in [2.45, 2.75) is 26.4 Å². The molecule has 0 radical (unpaired) electrons. The average Bonchev–Trinajstić information content (AvgIpc) is 3.50. The Morgan fingerprint density at radius 1 is 0.973 bits per heavy atom. The minimum Gasteiger partial charge on any atom is -0.442 e. The highest BCUT2D eigenvalue weighted by Crippen LogP contribution is 2.33. The van der Waals surface area contributed by atoms with Crippen molar-refractivity contribution >= 4 is 29.1 Å². The summed E-state index contributed by atoms with van der Waals surface area (Å²) in [5.41, 5.74) is 11.4. The van der Waals surface area contributed by atoms with Crippen LogP contribution in [0.25, 0.3) is 22.3 Å². The fraction of sp³-hybridized carbons (Fsp3) is 0.190. The first-order valence-electron chi connectivity index (χ1n) is 10.4. The number of aromatic nitrogens is 6. The van der Waals surface area contributed by atoms with Crippen LogP contribution in [0.4, 0.5) is 27.8 Å². The highest BCUT2D eigenvalue weighted by atomic mass is 16.6. The van der Waals surface area contributed by atoms with E-state index in [0.29, 0.717) is 16.7 Å². The largest absolute Gasteiger partial charge is 0.442 e. The van der Waals surface area contributed by atoms with Gasteiger partial charge in [-0.2, -0.15) is 14.9 Å². The quantitative estimate of drug-likeness (QED) is 0.265. The Hall–Kier alpha value is -5.41. The van der Waals surface area contributed by atoms with E-state index >= 15 is 0 Å². The Kier molecular flexibility index (Phi) is 7.41. The van der Waals surface area contributed by atoms with E-state index in [1.165, 1.54) is 43.1 Å². The van der Waals surface area contributed by atoms with Gasteiger partial charge in [-0.05, 0) is 32.9 Å². The van der Waals surface area contributed by atoms with Crippen molar-refractivity contribution in [2.75, 3.05) is 11.5 Å². The molecule has 5 N–H and O–H groups in total. The third-order valence-electron chi connectivity index (χ3n) is 4.55. The van der Waals surface area contributed by atoms with Gasteiger partial charge in [0.2, 0.25) is 11.6 Å². The van der Waals surface area contributed by atoms with Crippen LogP contribution in [0.1, 0.15) is 20.8 Å². The second-order valence-corrected chi connectivity index (χ2v) is 8.34. The molecule has 0 aromatic carbocycles. The maximum absolute atomic E-state index is 11.9. The molecule has 0 amide bonds. The SMILES string of the molecule is CC(C)(C)OC(=O)n1cc(-c2ccnc(N)c2[N+](=O)[O-])cn1.Nc1nccc(-c2cn[nH]c2)c1[N+](=O)[O-]. The molecule has 0 unspecified atom stereocenters. The van der Waals surface area contributed by atoms with E-state index in [0.717, 1.165) is 4.68 Å². The van der Waals surface area contributed by atoms with Gasteiger partial charge in [-0.3, -0.25) is 25.3 Å². The van der Waals surface area contributed by atoms with Crippen molar-refractivity contribution in [1.82, 2.24) is 29.9 Å². The van der Waals surface area contributed by atoms with Crippen molar-refractivity contribution in [2.24, 2.45) is 0 Å². The number of carbonyl (C=O) groups is 1. The highest BCUT2D eigenvalue weighted by Gasteiger charge is 2.24. The molecule has 0 saturated carbocycles. The monoisotopic (exact) mass is 510 g/mol. The van der Waals surface area contributed by atoms with E-state index in [-0.39, 0.29) is 28.6 Å². The Morgan fingerprint density at radius 3 is 1.97 bits per heavy atom. The van der Waals surface area contributed by atoms with Crippen LogP contribution in [0.3, 0.4) is 0 Å². The molecule has 4 aromatic rings. The summed E-state index contributed by atoms with van der Waals surface area (Å²) in [7, 11) is 0. The molecule has 0 aliphatic carbocycles. The first kappa shape index (κ1) is 26.2. The molecule has 16 heteroatoms. The lowest BCUT2D eigenvalue weighted by Gasteiger charge is -2.18. The van der Waals surface area contributed by atoms with Crippen molar-refractivity contribution < 1.29 is 19.4 Å². The molecule has 4 rings (SSSR count). The van der Waals surface area contributed by atoms with Crippen molar-refractivity contribution in [3.05, 3.63) is 69.5 Å². The van der Waals surface area contributed by atoms with Crippen LogP contribution in [0.5, 0.6) is 0 Å². The predicted octanol–water partition coefficient (Wildman–Crippen LogP) is 3.18. The summed E-state index contributed by atoms with van der Waals surface area (Å²) in [4.78, 5) is 40.0. The second-order valence-electron chi connectivity index (χ2n) is 8.34. The number of ether oxygens (including phenoxy) is 1. The summed E-state index contributed by atoms with van der Waals surface area (Å²) in [5.74, 6) is -0.300. The molecular formula is C21H22N10O6. The van der Waals surface area contributed by atoms with Crippen LogP contribution in [0.2, 0.25) is 0 Å². The number of hydrogen-bond acceptors (Lipinski definition) is 12. The third-order valence-corrected chi connectivity index (χ3v) is 4.55. The van der Waals surface area contributed by atoms with Crippen LogP contribution >= 0.6 is 0 Å². The Morgan fingerprint density at radius 2 is 1.51 bits per heavy atom. The van der Waals surface area contributed by atoms with Crippen molar-refractivity contribution in [3.63, 3.8) is 0 Å². The van der Waals surface area contributed by atoms with Gasteiger partial charge in [0.15, 0.2) is 0 Å². The maximum Gasteiger partial charge on any atom is 0.435 e. The molecule has 37 heavy (non-hydrogen) atoms. The molecule has 16 nitrogen and oxygen atoms in total. The standard InChI is InChI=1S/C13H15N5O4.C8H7N5O2/c1-13(2,3)22-12(19)17-7-8(6-16-17)9-4-5-15-11(14)10(9)18(20)21;9-8-7(13(14)15)6(1-2-10-8)5-3-11-12-4-5/h4-7H,1-3H3,(H2,14,15);1-4H,(H2,9,10)(H,11,12). The number of H-pyrrole nitrogens is 1. The van der Waals surface area contributed by atoms with Gasteiger partial charge in [-0.15, -0.1) is 0 Å². The molecule has 0 atom stereocenters. The fourth-order valence-corrected chi connectivity index (χ4v) is 3.06. The van der Waals surface area contributed by atoms with Gasteiger partial charge in [0.1, 0.15) is 5.60 Å². The smallest absolute Gasteiger partial charge is 0.435 e. The Bertz CT molecular complexity index is 1440. The normalized spacial score (nSPS) is 10.8. The number of nitrogen functional groups attached to an aromatic ring is 2. The van der Waals surface area contributed by atoms with E-state index in [1.54, 1.807) is 27.0 Å². The Balaban J connectivity index is 0.000000220. The lowest BCUT2D eigenvalue weighted by atomic mass is 10.1. The summed E-state index contributed by atoms with van der Waals surface area (Å²) < 4.78 is 6.14. The van der Waals surface area contributed by atoms with Crippen molar-refractivity contribution in [1.29, 1.82) is 0 Å². The van der Waals surface area contributed by atoms with Crippen LogP contribution in [0, 0.1) is 20.2 Å². The van der Waals surface area contributed by atoms with Gasteiger partial charge < -0.3 is 16.2 Å². The second kappa shape index (κ2) is 10.5. The minimum absolute atomic E-state index is 0.0984. The van der Waals surface area contributed by atoms with Crippen LogP contribution in [-0.2, 0) is 4.74 Å². The zero-order valence-corrected chi connectivity index (χ0v) is 19.9. The number of nitrogens with one attached hydrogen (secondary N) is 1. The number of aromatic amines is 1. The fourth-order valence-electron chi connectivity index (χ4n) is 3.06. The lowest BCUT2D eigenvalue weighted by Crippen LogP contribution is -2.27. The van der Waals surface area contributed by atoms with Gasteiger partial charge in [0.05, 0.1) is 33.4 Å². The topological polar surface area (TPSA) is 237 Å². The summed E-state index contributed by atoms with van der Waals surface area (Å²) in [6.07, 6.45) is 7.81. The van der Waals surface area contributed by atoms with Crippen LogP contribution < -0.4 is 11.5 Å². The molecule has 0 aliphatic heterocycles. The number of rotatable bonds is 4. The molecule has 0 spiro atoms. The zero-order valence-electron chi connectivity index (χ0n) is 19.9. The summed E-state index contributed by atoms with van der Waals surface area (Å²) in [5, 5.41) is 32.1. The highest BCUT2D eigenvalue weighted by molar-refractivity contribution is 5.80. The summed E-state index contributed by atoms with van der Waals surface area (Å²) >= 11 is 0. The molecule has 0 saturated heterocycles. The van der Waals surface area contributed by atoms with E-state index in [1.807, 2.05) is 0 Å². The van der Waals surface area contributed by atoms with E-state index in [2.05, 4.69) is 25.3 Å². The van der Waals surface area contributed by atoms with E-state index in [4.69, 9.17) is 16.2 Å². The van der Waals surface area contributed by atoms with Crippen LogP contribution in [-0.4, -0.2) is 51.5 Å². The maximum atomic E-state index is 11.9. The van der Waals surface area contributed by atoms with E-state index < -0.39 is 21.5 Å². The molecule has 4 aromatic heterocycles. The number of nitrogens with zero attached hydrogens (tertiary/aromatic N) is 7. The number of nitrogens with two attached hydrogens (primary N) is 2. The molecular weight excluding hydrogens is 488 g/mol. The van der Waals surface area contributed by atoms with Gasteiger partial charge in [-0.1, -0.05) is 0 Å². The number of anilines is 2. The van der Waals surface area contributed by atoms with Crippen molar-refractivity contribution in [3.8, 4) is 22.3 Å². The first-order chi connectivity index (χ1) is 17.4. The Labute approximate surface area is 208 Å². The lowest BCUT2D eigenvalue weighted by molar-refractivity contribution is -0.383. The third kappa shape index (κ3) is 6.18. The molecule has 4 heterocycles. The first-order valence-corrected chi connectivity index (χ1v) is 10.4. The number of hydrogen-bond donors (Lipinski definition) is 3. The molecule has 0 bridgehead atoms. The minimum atomic E-state index is -0.677. The van der Waals surface area contributed by atoms with Gasteiger partial charge in [0.25, 0.3) is 0 Å².